The molecule has 0 saturated carbocycles. The molecule has 0 bridgehead atoms. The van der Waals surface area contributed by atoms with Gasteiger partial charge in [0.05, 0.1) is 21.3 Å². The van der Waals surface area contributed by atoms with Crippen LogP contribution in [0.1, 0.15) is 0 Å². The molecule has 4 aromatic rings. The van der Waals surface area contributed by atoms with Crippen molar-refractivity contribution < 1.29 is 18.0 Å². The first-order valence-corrected chi connectivity index (χ1v) is 15.3. The second-order valence-corrected chi connectivity index (χ2v) is 13.5. The van der Waals surface area contributed by atoms with E-state index in [1.165, 1.54) is 82.6 Å². The average molecular weight is 595 g/mol. The fourth-order valence-corrected chi connectivity index (χ4v) is 7.05. The lowest BCUT2D eigenvalue weighted by molar-refractivity contribution is -0.114. The van der Waals surface area contributed by atoms with Crippen LogP contribution in [0, 0.1) is 0 Å². The van der Waals surface area contributed by atoms with Crippen LogP contribution in [0.5, 0.6) is 0 Å². The molecule has 37 heavy (non-hydrogen) atoms. The molecule has 0 spiro atoms. The molecule has 17 heteroatoms. The van der Waals surface area contributed by atoms with Crippen LogP contribution in [0.3, 0.4) is 0 Å². The number of thioether (sulfide) groups is 2. The first-order valence-electron chi connectivity index (χ1n) is 10.2. The van der Waals surface area contributed by atoms with E-state index in [-0.39, 0.29) is 33.1 Å². The van der Waals surface area contributed by atoms with Crippen molar-refractivity contribution in [3.63, 3.8) is 0 Å². The summed E-state index contributed by atoms with van der Waals surface area (Å²) in [6.45, 7) is 0. The van der Waals surface area contributed by atoms with Crippen LogP contribution in [-0.2, 0) is 19.4 Å². The molecular weight excluding hydrogens is 577 g/mol. The molecule has 0 atom stereocenters. The number of hydrogen-bond donors (Lipinski definition) is 4. The van der Waals surface area contributed by atoms with Crippen LogP contribution >= 0.6 is 46.2 Å². The summed E-state index contributed by atoms with van der Waals surface area (Å²) in [5.74, 6) is -0.574. The summed E-state index contributed by atoms with van der Waals surface area (Å²) < 4.78 is 27.6. The predicted molar refractivity (Wildman–Crippen MR) is 146 cm³/mol. The highest BCUT2D eigenvalue weighted by Crippen LogP contribution is 2.27. The second kappa shape index (κ2) is 11.9. The smallest absolute Gasteiger partial charge is 0.234 e. The maximum atomic E-state index is 13.3. The van der Waals surface area contributed by atoms with Gasteiger partial charge < -0.3 is 22.1 Å². The van der Waals surface area contributed by atoms with Crippen molar-refractivity contribution in [1.29, 1.82) is 0 Å². The standard InChI is InChI=1S/C20H18N8O4S5/c21-17-25-27-19(35-17)33-9-15(29)23-11-3-1-5-13(7-11)37(31,32)14-6-2-4-12(8-14)24-16(30)10-34-20-28-26-18(22)36-20/h1-8H,9-10H2,(H2,21,25)(H2,22,26)(H,23,29)(H,24,30). The molecular formula is C20H18N8O4S5. The van der Waals surface area contributed by atoms with Crippen molar-refractivity contribution in [2.24, 2.45) is 0 Å². The van der Waals surface area contributed by atoms with Gasteiger partial charge in [0.25, 0.3) is 0 Å². The Morgan fingerprint density at radius 1 is 0.757 bits per heavy atom. The van der Waals surface area contributed by atoms with Gasteiger partial charge in [0.15, 0.2) is 8.68 Å². The van der Waals surface area contributed by atoms with E-state index < -0.39 is 9.84 Å². The summed E-state index contributed by atoms with van der Waals surface area (Å²) in [7, 11) is -3.93. The van der Waals surface area contributed by atoms with Crippen LogP contribution in [0.15, 0.2) is 67.0 Å². The number of amides is 2. The van der Waals surface area contributed by atoms with Crippen LogP contribution in [-0.4, -0.2) is 52.1 Å². The largest absolute Gasteiger partial charge is 0.374 e. The van der Waals surface area contributed by atoms with Gasteiger partial charge in [-0.2, -0.15) is 0 Å². The molecule has 0 radical (unpaired) electrons. The molecule has 0 unspecified atom stereocenters. The fraction of sp³-hybridized carbons (Fsp3) is 0.100. The number of nitrogens with one attached hydrogen (secondary N) is 2. The topological polar surface area (TPSA) is 196 Å². The summed E-state index contributed by atoms with van der Waals surface area (Å²) in [5, 5.41) is 21.0. The van der Waals surface area contributed by atoms with Gasteiger partial charge in [0, 0.05) is 11.4 Å². The molecule has 2 amide bonds. The van der Waals surface area contributed by atoms with Crippen LogP contribution < -0.4 is 22.1 Å². The minimum atomic E-state index is -3.93. The van der Waals surface area contributed by atoms with E-state index in [2.05, 4.69) is 31.0 Å². The quantitative estimate of drug-likeness (QED) is 0.196. The molecule has 2 heterocycles. The number of rotatable bonds is 10. The van der Waals surface area contributed by atoms with Crippen molar-refractivity contribution >= 4 is 89.5 Å². The number of sulfone groups is 1. The van der Waals surface area contributed by atoms with E-state index in [0.717, 1.165) is 0 Å². The number of nitrogens with zero attached hydrogens (tertiary/aromatic N) is 4. The van der Waals surface area contributed by atoms with Gasteiger partial charge in [0.1, 0.15) is 0 Å². The Hall–Kier alpha value is -3.25. The summed E-state index contributed by atoms with van der Waals surface area (Å²) in [5.41, 5.74) is 11.7. The Morgan fingerprint density at radius 2 is 1.19 bits per heavy atom. The minimum Gasteiger partial charge on any atom is -0.374 e. The zero-order chi connectivity index (χ0) is 26.4. The van der Waals surface area contributed by atoms with E-state index in [4.69, 9.17) is 11.5 Å². The number of nitrogens with two attached hydrogens (primary N) is 2. The van der Waals surface area contributed by atoms with Gasteiger partial charge in [-0.3, -0.25) is 9.59 Å². The summed E-state index contributed by atoms with van der Waals surface area (Å²) in [6, 6.07) is 11.8. The molecule has 0 aliphatic rings. The normalized spacial score (nSPS) is 11.2. The Kier molecular flexibility index (Phi) is 8.59. The number of hydrogen-bond acceptors (Lipinski definition) is 14. The highest BCUT2D eigenvalue weighted by molar-refractivity contribution is 8.02. The first-order chi connectivity index (χ1) is 17.7. The second-order valence-electron chi connectivity index (χ2n) is 7.05. The van der Waals surface area contributed by atoms with Gasteiger partial charge in [0.2, 0.25) is 31.9 Å². The molecule has 2 aromatic heterocycles. The van der Waals surface area contributed by atoms with Gasteiger partial charge >= 0.3 is 0 Å². The highest BCUT2D eigenvalue weighted by Gasteiger charge is 2.19. The molecule has 0 saturated heterocycles. The molecule has 192 valence electrons. The first kappa shape index (κ1) is 26.8. The number of carbonyl (C=O) groups is 2. The van der Waals surface area contributed by atoms with Gasteiger partial charge in [-0.25, -0.2) is 8.42 Å². The van der Waals surface area contributed by atoms with E-state index in [9.17, 15) is 18.0 Å². The molecule has 6 N–H and O–H groups in total. The molecule has 0 aliphatic carbocycles. The van der Waals surface area contributed by atoms with Crippen molar-refractivity contribution in [2.45, 2.75) is 18.5 Å². The maximum absolute atomic E-state index is 13.3. The Balaban J connectivity index is 1.39. The predicted octanol–water partition coefficient (Wildman–Crippen LogP) is 2.85. The van der Waals surface area contributed by atoms with Crippen molar-refractivity contribution in [1.82, 2.24) is 20.4 Å². The number of benzene rings is 2. The summed E-state index contributed by atoms with van der Waals surface area (Å²) in [4.78, 5) is 24.6. The van der Waals surface area contributed by atoms with Crippen LogP contribution in [0.25, 0.3) is 0 Å². The molecule has 0 fully saturated rings. The van der Waals surface area contributed by atoms with Gasteiger partial charge in [-0.15, -0.1) is 20.4 Å². The Labute approximate surface area is 227 Å². The molecule has 4 rings (SSSR count). The third-order valence-corrected chi connectivity index (χ3v) is 9.87. The Morgan fingerprint density at radius 3 is 1.57 bits per heavy atom. The number of carbonyl (C=O) groups excluding carboxylic acids is 2. The average Bonchev–Trinajstić information content (AvgIpc) is 3.49. The lowest BCUT2D eigenvalue weighted by atomic mass is 10.3. The number of nitrogen functional groups attached to an aromatic ring is 2. The van der Waals surface area contributed by atoms with Gasteiger partial charge in [-0.05, 0) is 36.4 Å². The number of aromatic nitrogens is 4. The number of anilines is 4. The van der Waals surface area contributed by atoms with Crippen molar-refractivity contribution in [3.05, 3.63) is 48.5 Å². The molecule has 0 aliphatic heterocycles. The van der Waals surface area contributed by atoms with E-state index in [0.29, 0.717) is 30.3 Å². The Bertz CT molecular complexity index is 1430. The molecule has 2 aromatic carbocycles. The molecule has 12 nitrogen and oxygen atoms in total. The van der Waals surface area contributed by atoms with Crippen LogP contribution in [0.4, 0.5) is 21.6 Å². The van der Waals surface area contributed by atoms with Crippen molar-refractivity contribution in [2.75, 3.05) is 33.6 Å². The lowest BCUT2D eigenvalue weighted by Crippen LogP contribution is -2.15. The summed E-state index contributed by atoms with van der Waals surface area (Å²) >= 11 is 4.68. The third-order valence-electron chi connectivity index (χ3n) is 4.35. The monoisotopic (exact) mass is 594 g/mol. The zero-order valence-corrected chi connectivity index (χ0v) is 22.7. The van der Waals surface area contributed by atoms with E-state index >= 15 is 0 Å². The van der Waals surface area contributed by atoms with E-state index in [1.54, 1.807) is 12.1 Å². The lowest BCUT2D eigenvalue weighted by Gasteiger charge is -2.10. The summed E-state index contributed by atoms with van der Waals surface area (Å²) in [6.07, 6.45) is 0. The SMILES string of the molecule is Nc1nnc(SCC(=O)Nc2cccc(S(=O)(=O)c3cccc(NC(=O)CSc4nnc(N)s4)c3)c2)s1. The van der Waals surface area contributed by atoms with Gasteiger partial charge in [-0.1, -0.05) is 58.3 Å². The van der Waals surface area contributed by atoms with Crippen molar-refractivity contribution in [3.8, 4) is 0 Å². The zero-order valence-electron chi connectivity index (χ0n) is 18.7. The van der Waals surface area contributed by atoms with E-state index in [1.807, 2.05) is 0 Å². The third kappa shape index (κ3) is 7.39. The fourth-order valence-electron chi connectivity index (χ4n) is 2.82. The van der Waals surface area contributed by atoms with Crippen LogP contribution in [0.2, 0.25) is 0 Å². The maximum Gasteiger partial charge on any atom is 0.234 e. The minimum absolute atomic E-state index is 0.0114. The highest BCUT2D eigenvalue weighted by atomic mass is 32.2.